The fourth-order valence-corrected chi connectivity index (χ4v) is 1.09. The molecule has 0 aliphatic rings. The van der Waals surface area contributed by atoms with Gasteiger partial charge in [0.25, 0.3) is 0 Å². The monoisotopic (exact) mass is 210 g/mol. The summed E-state index contributed by atoms with van der Waals surface area (Å²) >= 11 is 0. The summed E-state index contributed by atoms with van der Waals surface area (Å²) in [5.41, 5.74) is 2.71. The molecule has 0 unspecified atom stereocenters. The number of carbonyl (C=O) groups is 1. The normalized spacial score (nSPS) is 12.8. The third-order valence-corrected chi connectivity index (χ3v) is 2.31. The predicted octanol–water partition coefficient (Wildman–Crippen LogP) is 3.63. The van der Waals surface area contributed by atoms with Crippen molar-refractivity contribution in [3.63, 3.8) is 0 Å². The molecule has 15 heavy (non-hydrogen) atoms. The molecule has 86 valence electrons. The number of hydrogen-bond donors (Lipinski definition) is 0. The van der Waals surface area contributed by atoms with Gasteiger partial charge in [0.2, 0.25) is 0 Å². The Morgan fingerprint density at radius 2 is 1.80 bits per heavy atom. The van der Waals surface area contributed by atoms with Crippen molar-refractivity contribution in [3.05, 3.63) is 23.3 Å². The van der Waals surface area contributed by atoms with Crippen molar-refractivity contribution < 1.29 is 9.53 Å². The number of ether oxygens (including phenoxy) is 1. The Labute approximate surface area is 93.0 Å². The average molecular weight is 210 g/mol. The van der Waals surface area contributed by atoms with Crippen LogP contribution < -0.4 is 0 Å². The third-order valence-electron chi connectivity index (χ3n) is 2.31. The van der Waals surface area contributed by atoms with Crippen LogP contribution in [-0.4, -0.2) is 12.6 Å². The van der Waals surface area contributed by atoms with E-state index >= 15 is 0 Å². The van der Waals surface area contributed by atoms with Gasteiger partial charge in [0.05, 0.1) is 0 Å². The molecule has 0 atom stereocenters. The summed E-state index contributed by atoms with van der Waals surface area (Å²) in [7, 11) is 0. The number of esters is 1. The Balaban J connectivity index is 3.73. The maximum absolute atomic E-state index is 10.5. The minimum Gasteiger partial charge on any atom is -0.462 e. The Morgan fingerprint density at radius 3 is 2.33 bits per heavy atom. The largest absolute Gasteiger partial charge is 0.462 e. The first kappa shape index (κ1) is 13.9. The van der Waals surface area contributed by atoms with Crippen molar-refractivity contribution in [1.82, 2.24) is 0 Å². The van der Waals surface area contributed by atoms with Crippen LogP contribution in [-0.2, 0) is 9.53 Å². The lowest BCUT2D eigenvalue weighted by atomic mass is 10.1. The van der Waals surface area contributed by atoms with E-state index in [0.717, 1.165) is 19.3 Å². The lowest BCUT2D eigenvalue weighted by molar-refractivity contribution is -0.139. The molecule has 0 spiro atoms. The van der Waals surface area contributed by atoms with E-state index in [0.29, 0.717) is 6.61 Å². The van der Waals surface area contributed by atoms with Gasteiger partial charge in [-0.1, -0.05) is 24.1 Å². The van der Waals surface area contributed by atoms with Crippen molar-refractivity contribution in [2.24, 2.45) is 0 Å². The Kier molecular flexibility index (Phi) is 7.69. The van der Waals surface area contributed by atoms with Crippen molar-refractivity contribution >= 4 is 5.97 Å². The summed E-state index contributed by atoms with van der Waals surface area (Å²) in [5, 5.41) is 0. The minimum absolute atomic E-state index is 0.222. The van der Waals surface area contributed by atoms with Gasteiger partial charge in [-0.3, -0.25) is 4.79 Å². The molecule has 2 nitrogen and oxygen atoms in total. The van der Waals surface area contributed by atoms with Crippen LogP contribution in [0, 0.1) is 0 Å². The van der Waals surface area contributed by atoms with E-state index < -0.39 is 0 Å². The number of hydrogen-bond acceptors (Lipinski definition) is 2. The number of rotatable bonds is 6. The van der Waals surface area contributed by atoms with Crippen molar-refractivity contribution in [1.29, 1.82) is 0 Å². The van der Waals surface area contributed by atoms with E-state index in [1.807, 2.05) is 6.08 Å². The highest BCUT2D eigenvalue weighted by Gasteiger charge is 1.92. The molecule has 0 bridgehead atoms. The highest BCUT2D eigenvalue weighted by atomic mass is 16.5. The van der Waals surface area contributed by atoms with Gasteiger partial charge in [0.1, 0.15) is 6.61 Å². The maximum atomic E-state index is 10.5. The van der Waals surface area contributed by atoms with Crippen LogP contribution in [0.1, 0.15) is 47.0 Å². The zero-order valence-corrected chi connectivity index (χ0v) is 10.3. The number of allylic oxidation sites excluding steroid dienone is 3. The summed E-state index contributed by atoms with van der Waals surface area (Å²) in [4.78, 5) is 10.5. The number of carbonyl (C=O) groups excluding carboxylic acids is 1. The maximum Gasteiger partial charge on any atom is 0.302 e. The molecule has 0 aliphatic heterocycles. The lowest BCUT2D eigenvalue weighted by Crippen LogP contribution is -1.98. The molecule has 0 rings (SSSR count). The highest BCUT2D eigenvalue weighted by molar-refractivity contribution is 5.66. The van der Waals surface area contributed by atoms with E-state index in [2.05, 4.69) is 26.8 Å². The summed E-state index contributed by atoms with van der Waals surface area (Å²) in [6.45, 7) is 8.21. The molecule has 0 aromatic carbocycles. The molecule has 0 amide bonds. The molecule has 0 aromatic heterocycles. The van der Waals surface area contributed by atoms with Crippen LogP contribution in [0.3, 0.4) is 0 Å². The lowest BCUT2D eigenvalue weighted by Gasteiger charge is -2.00. The first-order valence-electron chi connectivity index (χ1n) is 5.50. The highest BCUT2D eigenvalue weighted by Crippen LogP contribution is 2.08. The van der Waals surface area contributed by atoms with Crippen LogP contribution >= 0.6 is 0 Å². The SMILES string of the molecule is CC/C(C)=C/CC/C(C)=C/COC(C)=O. The molecule has 0 N–H and O–H groups in total. The van der Waals surface area contributed by atoms with Crippen molar-refractivity contribution in [2.45, 2.75) is 47.0 Å². The molecule has 0 saturated carbocycles. The van der Waals surface area contributed by atoms with Gasteiger partial charge in [-0.15, -0.1) is 0 Å². The van der Waals surface area contributed by atoms with Crippen LogP contribution in [0.4, 0.5) is 0 Å². The predicted molar refractivity (Wildman–Crippen MR) is 63.7 cm³/mol. The van der Waals surface area contributed by atoms with E-state index in [9.17, 15) is 4.79 Å². The molecule has 0 aliphatic carbocycles. The Morgan fingerprint density at radius 1 is 1.13 bits per heavy atom. The van der Waals surface area contributed by atoms with Gasteiger partial charge >= 0.3 is 5.97 Å². The first-order valence-corrected chi connectivity index (χ1v) is 5.50. The molecule has 2 heteroatoms. The Hall–Kier alpha value is -1.05. The second kappa shape index (κ2) is 8.27. The van der Waals surface area contributed by atoms with E-state index in [-0.39, 0.29) is 5.97 Å². The summed E-state index contributed by atoms with van der Waals surface area (Å²) < 4.78 is 4.83. The van der Waals surface area contributed by atoms with Crippen molar-refractivity contribution in [3.8, 4) is 0 Å². The fraction of sp³-hybridized carbons (Fsp3) is 0.615. The van der Waals surface area contributed by atoms with Crippen LogP contribution in [0.15, 0.2) is 23.3 Å². The zero-order valence-electron chi connectivity index (χ0n) is 10.3. The van der Waals surface area contributed by atoms with Gasteiger partial charge in [-0.05, 0) is 39.2 Å². The van der Waals surface area contributed by atoms with Crippen LogP contribution in [0.5, 0.6) is 0 Å². The smallest absolute Gasteiger partial charge is 0.302 e. The molecular formula is C13H22O2. The second-order valence-corrected chi connectivity index (χ2v) is 3.80. The summed E-state index contributed by atoms with van der Waals surface area (Å²) in [6.07, 6.45) is 7.47. The standard InChI is InChI=1S/C13H22O2/c1-5-11(2)7-6-8-12(3)9-10-15-13(4)14/h7,9H,5-6,8,10H2,1-4H3/b11-7+,12-9+. The van der Waals surface area contributed by atoms with Gasteiger partial charge in [-0.2, -0.15) is 0 Å². The first-order chi connectivity index (χ1) is 7.06. The molecular weight excluding hydrogens is 188 g/mol. The van der Waals surface area contributed by atoms with Crippen LogP contribution in [0.2, 0.25) is 0 Å². The molecule has 0 aromatic rings. The molecule has 0 radical (unpaired) electrons. The Bertz CT molecular complexity index is 249. The van der Waals surface area contributed by atoms with Gasteiger partial charge < -0.3 is 4.74 Å². The van der Waals surface area contributed by atoms with Crippen molar-refractivity contribution in [2.75, 3.05) is 6.61 Å². The van der Waals surface area contributed by atoms with E-state index in [1.54, 1.807) is 0 Å². The van der Waals surface area contributed by atoms with Gasteiger partial charge in [0, 0.05) is 6.92 Å². The topological polar surface area (TPSA) is 26.3 Å². The van der Waals surface area contributed by atoms with E-state index in [1.165, 1.54) is 18.1 Å². The second-order valence-electron chi connectivity index (χ2n) is 3.80. The molecule has 0 heterocycles. The quantitative estimate of drug-likeness (QED) is 0.494. The summed E-state index contributed by atoms with van der Waals surface area (Å²) in [6, 6.07) is 0. The molecule has 0 saturated heterocycles. The third kappa shape index (κ3) is 9.26. The molecule has 0 fully saturated rings. The fourth-order valence-electron chi connectivity index (χ4n) is 1.09. The average Bonchev–Trinajstić information content (AvgIpc) is 2.17. The minimum atomic E-state index is -0.222. The van der Waals surface area contributed by atoms with Gasteiger partial charge in [-0.25, -0.2) is 0 Å². The van der Waals surface area contributed by atoms with E-state index in [4.69, 9.17) is 4.74 Å². The zero-order chi connectivity index (χ0) is 11.7. The summed E-state index contributed by atoms with van der Waals surface area (Å²) in [5.74, 6) is -0.222. The van der Waals surface area contributed by atoms with Crippen LogP contribution in [0.25, 0.3) is 0 Å². The van der Waals surface area contributed by atoms with Gasteiger partial charge in [0.15, 0.2) is 0 Å².